The number of nitrogens with zero attached hydrogens (tertiary/aromatic N) is 6. The van der Waals surface area contributed by atoms with Crippen LogP contribution in [0.25, 0.3) is 0 Å². The van der Waals surface area contributed by atoms with Crippen LogP contribution in [0.1, 0.15) is 47.5 Å². The molecule has 2 aliphatic rings. The van der Waals surface area contributed by atoms with Crippen molar-refractivity contribution in [3.8, 4) is 12.1 Å². The van der Waals surface area contributed by atoms with Gasteiger partial charge in [-0.3, -0.25) is 14.7 Å². The molecule has 2 rings (SSSR count). The lowest BCUT2D eigenvalue weighted by Gasteiger charge is -2.23. The molecule has 0 N–H and O–H groups in total. The Balaban J connectivity index is 0. The van der Waals surface area contributed by atoms with Crippen LogP contribution in [0.2, 0.25) is 0 Å². The van der Waals surface area contributed by atoms with Gasteiger partial charge in [-0.1, -0.05) is 40.3 Å². The van der Waals surface area contributed by atoms with Gasteiger partial charge in [0, 0.05) is 32.9 Å². The molecule has 1 unspecified atom stereocenters. The monoisotopic (exact) mass is 402 g/mol. The van der Waals surface area contributed by atoms with Crippen molar-refractivity contribution in [1.82, 2.24) is 14.7 Å². The van der Waals surface area contributed by atoms with Crippen LogP contribution >= 0.6 is 0 Å². The molecule has 2 aliphatic heterocycles. The van der Waals surface area contributed by atoms with Gasteiger partial charge in [0.1, 0.15) is 12.1 Å². The fourth-order valence-corrected chi connectivity index (χ4v) is 2.80. The number of carbonyl (C=O) groups is 1. The summed E-state index contributed by atoms with van der Waals surface area (Å²) in [4.78, 5) is 21.8. The van der Waals surface area contributed by atoms with Crippen molar-refractivity contribution in [3.63, 3.8) is 0 Å². The molecule has 2 heterocycles. The van der Waals surface area contributed by atoms with E-state index in [1.165, 1.54) is 6.21 Å². The highest BCUT2D eigenvalue weighted by atomic mass is 16.2. The van der Waals surface area contributed by atoms with Crippen LogP contribution < -0.4 is 0 Å². The summed E-state index contributed by atoms with van der Waals surface area (Å²) >= 11 is 0. The van der Waals surface area contributed by atoms with Gasteiger partial charge in [0.05, 0.1) is 24.9 Å². The summed E-state index contributed by atoms with van der Waals surface area (Å²) < 4.78 is 0. The molecule has 162 valence electrons. The van der Waals surface area contributed by atoms with Crippen LogP contribution in [-0.4, -0.2) is 72.8 Å². The summed E-state index contributed by atoms with van der Waals surface area (Å²) in [6.07, 6.45) is 7.26. The van der Waals surface area contributed by atoms with E-state index in [1.807, 2.05) is 46.8 Å². The topological polar surface area (TPSA) is 86.7 Å². The van der Waals surface area contributed by atoms with Gasteiger partial charge in [-0.15, -0.1) is 0 Å². The highest BCUT2D eigenvalue weighted by Crippen LogP contribution is 2.17. The van der Waals surface area contributed by atoms with Gasteiger partial charge >= 0.3 is 0 Å². The predicted octanol–water partition coefficient (Wildman–Crippen LogP) is 3.43. The molecule has 7 heteroatoms. The van der Waals surface area contributed by atoms with Crippen LogP contribution in [0, 0.1) is 22.7 Å². The number of carbonyl (C=O) groups excluding carboxylic acids is 1. The molecular formula is C22H38N6O. The Morgan fingerprint density at radius 1 is 1.21 bits per heavy atom. The van der Waals surface area contributed by atoms with E-state index in [9.17, 15) is 4.79 Å². The van der Waals surface area contributed by atoms with Crippen molar-refractivity contribution in [1.29, 1.82) is 10.5 Å². The maximum Gasteiger partial charge on any atom is 0.237 e. The van der Waals surface area contributed by atoms with Crippen LogP contribution in [0.4, 0.5) is 0 Å². The molecule has 2 fully saturated rings. The molecule has 0 saturated carbocycles. The van der Waals surface area contributed by atoms with Crippen LogP contribution in [0.3, 0.4) is 0 Å². The van der Waals surface area contributed by atoms with E-state index >= 15 is 0 Å². The highest BCUT2D eigenvalue weighted by Gasteiger charge is 2.30. The zero-order valence-corrected chi connectivity index (χ0v) is 19.1. The van der Waals surface area contributed by atoms with Crippen LogP contribution in [0.5, 0.6) is 0 Å². The first-order valence-corrected chi connectivity index (χ1v) is 10.3. The summed E-state index contributed by atoms with van der Waals surface area (Å²) in [6, 6.07) is 3.83. The van der Waals surface area contributed by atoms with E-state index in [1.54, 1.807) is 11.9 Å². The Kier molecular flexibility index (Phi) is 18.4. The first-order chi connectivity index (χ1) is 14.0. The summed E-state index contributed by atoms with van der Waals surface area (Å²) in [5.41, 5.74) is 0.391. The second-order valence-corrected chi connectivity index (χ2v) is 5.89. The lowest BCUT2D eigenvalue weighted by Crippen LogP contribution is -2.42. The Morgan fingerprint density at radius 3 is 2.34 bits per heavy atom. The zero-order chi connectivity index (χ0) is 22.7. The second-order valence-electron chi connectivity index (χ2n) is 5.89. The minimum Gasteiger partial charge on any atom is -0.364 e. The molecule has 0 bridgehead atoms. The third-order valence-corrected chi connectivity index (χ3v) is 3.95. The Hall–Kier alpha value is -2.64. The first-order valence-electron chi connectivity index (χ1n) is 10.3. The Morgan fingerprint density at radius 2 is 1.86 bits per heavy atom. The average Bonchev–Trinajstić information content (AvgIpc) is 3.41. The third kappa shape index (κ3) is 11.7. The summed E-state index contributed by atoms with van der Waals surface area (Å²) in [7, 11) is 1.60. The maximum absolute atomic E-state index is 12.1. The van der Waals surface area contributed by atoms with Gasteiger partial charge in [-0.2, -0.15) is 10.5 Å². The largest absolute Gasteiger partial charge is 0.364 e. The molecule has 0 spiro atoms. The molecule has 0 aliphatic carbocycles. The van der Waals surface area contributed by atoms with Crippen LogP contribution in [0.15, 0.2) is 29.4 Å². The van der Waals surface area contributed by atoms with Gasteiger partial charge < -0.3 is 9.80 Å². The van der Waals surface area contributed by atoms with E-state index in [2.05, 4.69) is 33.6 Å². The fraction of sp³-hybridized carbons (Fsp3) is 0.636. The van der Waals surface area contributed by atoms with Gasteiger partial charge in [-0.05, 0) is 26.0 Å². The maximum atomic E-state index is 12.1. The van der Waals surface area contributed by atoms with Crippen molar-refractivity contribution in [3.05, 3.63) is 24.4 Å². The van der Waals surface area contributed by atoms with Gasteiger partial charge in [0.25, 0.3) is 0 Å². The molecule has 0 aromatic rings. The number of allylic oxidation sites excluding steroid dienone is 2. The standard InChI is InChI=1S/C13H20N4O.C5H6N2.2C2H6/c1-2-5-15-7-8-16(11-15)10-13(18)17-6-3-4-12(17)9-14;1-5(3-6)4-7-2;2*1-2/h2,5,12H,3-4,6-8,10-11H2,1H3;4H,1H2,2H3;2*1-2H3/b5-2+;;;. The van der Waals surface area contributed by atoms with E-state index < -0.39 is 0 Å². The molecule has 0 aromatic carbocycles. The Labute approximate surface area is 177 Å². The van der Waals surface area contributed by atoms with Gasteiger partial charge in [0.2, 0.25) is 5.91 Å². The second kappa shape index (κ2) is 18.7. The number of rotatable bonds is 4. The quantitative estimate of drug-likeness (QED) is 0.531. The average molecular weight is 403 g/mol. The lowest BCUT2D eigenvalue weighted by molar-refractivity contribution is -0.132. The molecule has 1 amide bonds. The molecule has 0 radical (unpaired) electrons. The molecule has 2 saturated heterocycles. The number of amides is 1. The summed E-state index contributed by atoms with van der Waals surface area (Å²) in [6.45, 7) is 17.2. The van der Waals surface area contributed by atoms with Crippen molar-refractivity contribution in [2.45, 2.75) is 53.5 Å². The molecule has 0 aromatic heterocycles. The minimum absolute atomic E-state index is 0.0985. The molecule has 1 atom stereocenters. The smallest absolute Gasteiger partial charge is 0.237 e. The fourth-order valence-electron chi connectivity index (χ4n) is 2.80. The van der Waals surface area contributed by atoms with Gasteiger partial charge in [0.15, 0.2) is 0 Å². The van der Waals surface area contributed by atoms with Crippen molar-refractivity contribution in [2.24, 2.45) is 4.99 Å². The van der Waals surface area contributed by atoms with Gasteiger partial charge in [-0.25, -0.2) is 0 Å². The number of hydrogen-bond donors (Lipinski definition) is 0. The van der Waals surface area contributed by atoms with Crippen molar-refractivity contribution >= 4 is 12.1 Å². The normalized spacial score (nSPS) is 18.0. The minimum atomic E-state index is -0.202. The van der Waals surface area contributed by atoms with E-state index in [4.69, 9.17) is 10.5 Å². The van der Waals surface area contributed by atoms with E-state index in [0.29, 0.717) is 12.1 Å². The molecular weight excluding hydrogens is 364 g/mol. The zero-order valence-electron chi connectivity index (χ0n) is 19.1. The van der Waals surface area contributed by atoms with E-state index in [0.717, 1.165) is 39.1 Å². The third-order valence-electron chi connectivity index (χ3n) is 3.95. The van der Waals surface area contributed by atoms with Crippen molar-refractivity contribution < 1.29 is 4.79 Å². The number of likely N-dealkylation sites (tertiary alicyclic amines) is 1. The SMILES string of the molecule is C/C=C/N1CCN(CC(=O)N2CCCC2C#N)C1.C=C(C#N)C=NC.CC.CC. The summed E-state index contributed by atoms with van der Waals surface area (Å²) in [5, 5.41) is 17.0. The predicted molar refractivity (Wildman–Crippen MR) is 120 cm³/mol. The number of nitriles is 2. The first kappa shape index (κ1) is 28.6. The number of aliphatic imine (C=N–C) groups is 1. The molecule has 29 heavy (non-hydrogen) atoms. The Bertz CT molecular complexity index is 599. The molecule has 7 nitrogen and oxygen atoms in total. The highest BCUT2D eigenvalue weighted by molar-refractivity contribution is 5.82. The van der Waals surface area contributed by atoms with E-state index in [-0.39, 0.29) is 11.9 Å². The van der Waals surface area contributed by atoms with Crippen LogP contribution in [-0.2, 0) is 4.79 Å². The lowest BCUT2D eigenvalue weighted by atomic mass is 10.2. The summed E-state index contributed by atoms with van der Waals surface area (Å²) in [5.74, 6) is 0.0985. The van der Waals surface area contributed by atoms with Crippen molar-refractivity contribution in [2.75, 3.05) is 39.9 Å². The number of hydrogen-bond acceptors (Lipinski definition) is 6.